The van der Waals surface area contributed by atoms with Crippen LogP contribution < -0.4 is 14.8 Å². The van der Waals surface area contributed by atoms with E-state index < -0.39 is 0 Å². The number of hydrogen-bond acceptors (Lipinski definition) is 5. The van der Waals surface area contributed by atoms with Gasteiger partial charge in [0.15, 0.2) is 0 Å². The van der Waals surface area contributed by atoms with Crippen molar-refractivity contribution >= 4 is 40.3 Å². The molecule has 0 spiro atoms. The van der Waals surface area contributed by atoms with E-state index in [1.807, 2.05) is 48.5 Å². The highest BCUT2D eigenvalue weighted by Crippen LogP contribution is 2.28. The van der Waals surface area contributed by atoms with Crippen molar-refractivity contribution in [1.29, 1.82) is 0 Å². The first-order chi connectivity index (χ1) is 13.6. The number of hydrogen-bond donors (Lipinski definition) is 1. The summed E-state index contributed by atoms with van der Waals surface area (Å²) in [4.78, 5) is 12.3. The molecular formula is C22H23NO3S2. The zero-order valence-electron chi connectivity index (χ0n) is 15.9. The van der Waals surface area contributed by atoms with Gasteiger partial charge in [-0.3, -0.25) is 4.79 Å². The molecule has 0 aliphatic carbocycles. The Bertz CT molecular complexity index is 878. The standard InChI is InChI=1S/C22H23NO3S2/c1-3-15(2)18-6-4-5-7-19(18)26-13-12-25-17-10-8-16(9-11-17)14-20-21(24)23-22(27)28-20/h4-11,14-15H,3,12-13H2,1-2H3,(H,23,24,27)/b20-14-. The second kappa shape index (κ2) is 9.75. The molecule has 0 aromatic heterocycles. The Morgan fingerprint density at radius 2 is 1.82 bits per heavy atom. The van der Waals surface area contributed by atoms with Gasteiger partial charge in [-0.05, 0) is 47.7 Å². The second-order valence-corrected chi connectivity index (χ2v) is 8.18. The summed E-state index contributed by atoms with van der Waals surface area (Å²) in [7, 11) is 0. The number of thiocarbonyl (C=S) groups is 1. The molecule has 6 heteroatoms. The predicted molar refractivity (Wildman–Crippen MR) is 119 cm³/mol. The summed E-state index contributed by atoms with van der Waals surface area (Å²) in [6.45, 7) is 5.32. The van der Waals surface area contributed by atoms with Crippen molar-refractivity contribution in [1.82, 2.24) is 5.32 Å². The molecule has 1 heterocycles. The number of benzene rings is 2. The monoisotopic (exact) mass is 413 g/mol. The number of rotatable bonds is 8. The van der Waals surface area contributed by atoms with Gasteiger partial charge in [-0.2, -0.15) is 0 Å². The van der Waals surface area contributed by atoms with Crippen LogP contribution in [0.1, 0.15) is 37.3 Å². The maximum absolute atomic E-state index is 11.7. The van der Waals surface area contributed by atoms with Gasteiger partial charge < -0.3 is 14.8 Å². The molecule has 1 atom stereocenters. The normalized spacial score (nSPS) is 16.1. The molecule has 3 rings (SSSR count). The van der Waals surface area contributed by atoms with E-state index in [1.165, 1.54) is 17.3 Å². The van der Waals surface area contributed by atoms with Crippen LogP contribution >= 0.6 is 24.0 Å². The van der Waals surface area contributed by atoms with E-state index in [9.17, 15) is 4.79 Å². The van der Waals surface area contributed by atoms with Crippen molar-refractivity contribution in [2.45, 2.75) is 26.2 Å². The van der Waals surface area contributed by atoms with E-state index in [0.29, 0.717) is 28.4 Å². The molecule has 1 N–H and O–H groups in total. The van der Waals surface area contributed by atoms with E-state index in [-0.39, 0.29) is 5.91 Å². The Morgan fingerprint density at radius 3 is 2.50 bits per heavy atom. The third kappa shape index (κ3) is 5.36. The van der Waals surface area contributed by atoms with Crippen LogP contribution in [0.2, 0.25) is 0 Å². The van der Waals surface area contributed by atoms with E-state index in [2.05, 4.69) is 25.2 Å². The molecule has 1 aliphatic rings. The summed E-state index contributed by atoms with van der Waals surface area (Å²) >= 11 is 6.27. The molecule has 2 aromatic rings. The molecule has 4 nitrogen and oxygen atoms in total. The predicted octanol–water partition coefficient (Wildman–Crippen LogP) is 5.15. The average molecular weight is 414 g/mol. The van der Waals surface area contributed by atoms with Gasteiger partial charge >= 0.3 is 0 Å². The first-order valence-corrected chi connectivity index (χ1v) is 10.5. The van der Waals surface area contributed by atoms with Crippen LogP contribution in [0.4, 0.5) is 0 Å². The molecule has 1 saturated heterocycles. The van der Waals surface area contributed by atoms with Crippen molar-refractivity contribution in [3.05, 3.63) is 64.6 Å². The van der Waals surface area contributed by atoms with Gasteiger partial charge in [0.2, 0.25) is 0 Å². The lowest BCUT2D eigenvalue weighted by molar-refractivity contribution is -0.115. The smallest absolute Gasteiger partial charge is 0.263 e. The summed E-state index contributed by atoms with van der Waals surface area (Å²) in [5.41, 5.74) is 2.16. The zero-order chi connectivity index (χ0) is 19.9. The highest BCUT2D eigenvalue weighted by Gasteiger charge is 2.21. The number of ether oxygens (including phenoxy) is 2. The Kier molecular flexibility index (Phi) is 7.12. The molecule has 0 radical (unpaired) electrons. The zero-order valence-corrected chi connectivity index (χ0v) is 17.6. The maximum Gasteiger partial charge on any atom is 0.263 e. The van der Waals surface area contributed by atoms with Gasteiger partial charge in [0.1, 0.15) is 29.0 Å². The largest absolute Gasteiger partial charge is 0.490 e. The first-order valence-electron chi connectivity index (χ1n) is 9.26. The highest BCUT2D eigenvalue weighted by molar-refractivity contribution is 8.26. The van der Waals surface area contributed by atoms with Crippen LogP contribution in [-0.2, 0) is 4.79 Å². The number of carbonyl (C=O) groups is 1. The molecule has 0 saturated carbocycles. The van der Waals surface area contributed by atoms with Gasteiger partial charge in [-0.1, -0.05) is 68.2 Å². The number of carbonyl (C=O) groups excluding carboxylic acids is 1. The van der Waals surface area contributed by atoms with E-state index >= 15 is 0 Å². The Labute approximate surface area is 175 Å². The minimum absolute atomic E-state index is 0.148. The Balaban J connectivity index is 1.50. The molecule has 146 valence electrons. The van der Waals surface area contributed by atoms with E-state index in [0.717, 1.165) is 23.5 Å². The summed E-state index contributed by atoms with van der Waals surface area (Å²) in [6.07, 6.45) is 2.89. The molecule has 1 aliphatic heterocycles. The summed E-state index contributed by atoms with van der Waals surface area (Å²) in [5.74, 6) is 2.01. The van der Waals surface area contributed by atoms with Gasteiger partial charge in [-0.15, -0.1) is 0 Å². The second-order valence-electron chi connectivity index (χ2n) is 6.47. The van der Waals surface area contributed by atoms with Crippen LogP contribution in [-0.4, -0.2) is 23.4 Å². The Hall–Kier alpha value is -2.31. The average Bonchev–Trinajstić information content (AvgIpc) is 3.03. The van der Waals surface area contributed by atoms with E-state index in [4.69, 9.17) is 21.7 Å². The lowest BCUT2D eigenvalue weighted by atomic mass is 9.98. The lowest BCUT2D eigenvalue weighted by Gasteiger charge is -2.15. The van der Waals surface area contributed by atoms with Crippen LogP contribution in [0.3, 0.4) is 0 Å². The summed E-state index contributed by atoms with van der Waals surface area (Å²) in [6, 6.07) is 15.8. The van der Waals surface area contributed by atoms with Gasteiger partial charge in [0.25, 0.3) is 5.91 Å². The fourth-order valence-corrected chi connectivity index (χ4v) is 3.83. The van der Waals surface area contributed by atoms with Crippen LogP contribution in [0.5, 0.6) is 11.5 Å². The van der Waals surface area contributed by atoms with Crippen molar-refractivity contribution in [2.75, 3.05) is 13.2 Å². The molecule has 2 aromatic carbocycles. The van der Waals surface area contributed by atoms with Crippen LogP contribution in [0.15, 0.2) is 53.4 Å². The summed E-state index contributed by atoms with van der Waals surface area (Å²) in [5, 5.41) is 2.61. The van der Waals surface area contributed by atoms with Crippen molar-refractivity contribution in [3.8, 4) is 11.5 Å². The van der Waals surface area contributed by atoms with Crippen molar-refractivity contribution in [2.24, 2.45) is 0 Å². The summed E-state index contributed by atoms with van der Waals surface area (Å²) < 4.78 is 12.2. The van der Waals surface area contributed by atoms with Gasteiger partial charge in [0, 0.05) is 0 Å². The minimum Gasteiger partial charge on any atom is -0.490 e. The number of thioether (sulfide) groups is 1. The molecule has 1 amide bonds. The van der Waals surface area contributed by atoms with Gasteiger partial charge in [0.05, 0.1) is 4.91 Å². The molecule has 1 fully saturated rings. The third-order valence-electron chi connectivity index (χ3n) is 4.49. The number of amides is 1. The topological polar surface area (TPSA) is 47.6 Å². The van der Waals surface area contributed by atoms with Crippen LogP contribution in [0.25, 0.3) is 6.08 Å². The molecular weight excluding hydrogens is 390 g/mol. The van der Waals surface area contributed by atoms with Gasteiger partial charge in [-0.25, -0.2) is 0 Å². The van der Waals surface area contributed by atoms with E-state index in [1.54, 1.807) is 0 Å². The molecule has 0 bridgehead atoms. The fourth-order valence-electron chi connectivity index (χ4n) is 2.78. The van der Waals surface area contributed by atoms with Crippen LogP contribution in [0, 0.1) is 0 Å². The number of para-hydroxylation sites is 1. The van der Waals surface area contributed by atoms with Crippen molar-refractivity contribution in [3.63, 3.8) is 0 Å². The maximum atomic E-state index is 11.7. The Morgan fingerprint density at radius 1 is 1.11 bits per heavy atom. The molecule has 1 unspecified atom stereocenters. The highest BCUT2D eigenvalue weighted by atomic mass is 32.2. The van der Waals surface area contributed by atoms with Crippen molar-refractivity contribution < 1.29 is 14.3 Å². The fraction of sp³-hybridized carbons (Fsp3) is 0.273. The first kappa shape index (κ1) is 20.4. The quantitative estimate of drug-likeness (QED) is 0.369. The lowest BCUT2D eigenvalue weighted by Crippen LogP contribution is -2.17. The molecule has 28 heavy (non-hydrogen) atoms. The third-order valence-corrected chi connectivity index (χ3v) is 5.65. The minimum atomic E-state index is -0.148. The SMILES string of the molecule is CCC(C)c1ccccc1OCCOc1ccc(/C=C2\SC(=S)NC2=O)cc1. The number of nitrogens with one attached hydrogen (secondary N) is 1.